The molecule has 0 aliphatic heterocycles. The van der Waals surface area contributed by atoms with E-state index < -0.39 is 0 Å². The Balaban J connectivity index is 1.37. The van der Waals surface area contributed by atoms with E-state index in [0.717, 1.165) is 43.0 Å². The number of fused-ring (bicyclic) bond motifs is 2. The molecular formula is C15H23N3. The molecule has 0 radical (unpaired) electrons. The van der Waals surface area contributed by atoms with E-state index in [1.54, 1.807) is 0 Å². The molecule has 3 nitrogen and oxygen atoms in total. The lowest BCUT2D eigenvalue weighted by Crippen LogP contribution is -2.36. The van der Waals surface area contributed by atoms with Crippen LogP contribution in [0.15, 0.2) is 24.5 Å². The highest BCUT2D eigenvalue weighted by atomic mass is 14.9. The van der Waals surface area contributed by atoms with Gasteiger partial charge in [-0.2, -0.15) is 0 Å². The molecule has 0 spiro atoms. The van der Waals surface area contributed by atoms with E-state index in [9.17, 15) is 0 Å². The number of aromatic amines is 1. The molecule has 1 fully saturated rings. The number of hydrogen-bond donors (Lipinski definition) is 2. The maximum Gasteiger partial charge on any atom is 0.106 e. The van der Waals surface area contributed by atoms with E-state index in [0.29, 0.717) is 6.04 Å². The highest BCUT2D eigenvalue weighted by Gasteiger charge is 2.38. The van der Waals surface area contributed by atoms with Crippen molar-refractivity contribution < 1.29 is 0 Å². The predicted molar refractivity (Wildman–Crippen MR) is 73.2 cm³/mol. The Morgan fingerprint density at radius 2 is 2.39 bits per heavy atom. The van der Waals surface area contributed by atoms with Crippen LogP contribution in [0.25, 0.3) is 0 Å². The highest BCUT2D eigenvalue weighted by Crippen LogP contribution is 2.44. The first kappa shape index (κ1) is 12.0. The minimum absolute atomic E-state index is 0.654. The fraction of sp³-hybridized carbons (Fsp3) is 0.667. The van der Waals surface area contributed by atoms with Crippen molar-refractivity contribution in [3.05, 3.63) is 30.4 Å². The lowest BCUT2D eigenvalue weighted by atomic mass is 9.87. The molecule has 1 aromatic rings. The van der Waals surface area contributed by atoms with Gasteiger partial charge in [0.05, 0.1) is 0 Å². The number of imidazole rings is 1. The Bertz CT molecular complexity index is 396. The quantitative estimate of drug-likeness (QED) is 0.597. The molecule has 2 N–H and O–H groups in total. The molecule has 3 heteroatoms. The van der Waals surface area contributed by atoms with Crippen LogP contribution in [-0.4, -0.2) is 22.6 Å². The zero-order valence-electron chi connectivity index (χ0n) is 11.1. The standard InChI is InChI=1S/C15H23N3/c1-11(14-10-12-4-5-13(14)9-12)16-6-2-3-15-17-7-8-18-15/h4-5,7-8,11-14,16H,2-3,6,9-10H2,1H3,(H,17,18). The molecule has 3 rings (SSSR count). The molecule has 0 aromatic carbocycles. The van der Waals surface area contributed by atoms with Crippen LogP contribution in [0.3, 0.4) is 0 Å². The van der Waals surface area contributed by atoms with E-state index in [4.69, 9.17) is 0 Å². The Morgan fingerprint density at radius 3 is 3.06 bits per heavy atom. The number of allylic oxidation sites excluding steroid dienone is 2. The Labute approximate surface area is 109 Å². The summed E-state index contributed by atoms with van der Waals surface area (Å²) in [6.07, 6.45) is 13.6. The maximum atomic E-state index is 4.25. The summed E-state index contributed by atoms with van der Waals surface area (Å²) in [4.78, 5) is 7.40. The van der Waals surface area contributed by atoms with Crippen molar-refractivity contribution in [2.45, 2.75) is 38.6 Å². The van der Waals surface area contributed by atoms with Gasteiger partial charge in [-0.05, 0) is 50.5 Å². The van der Waals surface area contributed by atoms with Gasteiger partial charge in [0.25, 0.3) is 0 Å². The molecule has 0 saturated heterocycles. The molecule has 18 heavy (non-hydrogen) atoms. The first-order valence-electron chi connectivity index (χ1n) is 7.23. The average molecular weight is 245 g/mol. The lowest BCUT2D eigenvalue weighted by molar-refractivity contribution is 0.327. The summed E-state index contributed by atoms with van der Waals surface area (Å²) in [5, 5.41) is 3.70. The molecule has 4 atom stereocenters. The van der Waals surface area contributed by atoms with Gasteiger partial charge in [-0.3, -0.25) is 0 Å². The van der Waals surface area contributed by atoms with Gasteiger partial charge in [-0.25, -0.2) is 4.98 Å². The van der Waals surface area contributed by atoms with Crippen molar-refractivity contribution >= 4 is 0 Å². The number of nitrogens with one attached hydrogen (secondary N) is 2. The molecule has 4 unspecified atom stereocenters. The normalized spacial score (nSPS) is 31.1. The van der Waals surface area contributed by atoms with Crippen LogP contribution in [0.2, 0.25) is 0 Å². The fourth-order valence-electron chi connectivity index (χ4n) is 3.57. The van der Waals surface area contributed by atoms with Gasteiger partial charge in [-0.15, -0.1) is 0 Å². The predicted octanol–water partition coefficient (Wildman–Crippen LogP) is 2.53. The number of aromatic nitrogens is 2. The summed E-state index contributed by atoms with van der Waals surface area (Å²) in [6, 6.07) is 0.654. The number of aryl methyl sites for hydroxylation is 1. The van der Waals surface area contributed by atoms with Crippen molar-refractivity contribution in [3.8, 4) is 0 Å². The van der Waals surface area contributed by atoms with Gasteiger partial charge in [0.1, 0.15) is 5.82 Å². The first-order chi connectivity index (χ1) is 8.83. The van der Waals surface area contributed by atoms with Crippen molar-refractivity contribution in [1.82, 2.24) is 15.3 Å². The third-order valence-electron chi connectivity index (χ3n) is 4.58. The minimum Gasteiger partial charge on any atom is -0.349 e. The number of H-pyrrole nitrogens is 1. The molecule has 1 aromatic heterocycles. The summed E-state index contributed by atoms with van der Waals surface area (Å²) in [5.41, 5.74) is 0. The van der Waals surface area contributed by atoms with Crippen LogP contribution in [0.4, 0.5) is 0 Å². The van der Waals surface area contributed by atoms with Crippen molar-refractivity contribution in [2.24, 2.45) is 17.8 Å². The SMILES string of the molecule is CC(NCCCc1ncc[nH]1)C1CC2C=CC1C2. The van der Waals surface area contributed by atoms with E-state index in [2.05, 4.69) is 34.4 Å². The first-order valence-corrected chi connectivity index (χ1v) is 7.23. The topological polar surface area (TPSA) is 40.7 Å². The number of rotatable bonds is 6. The second-order valence-corrected chi connectivity index (χ2v) is 5.83. The number of hydrogen-bond acceptors (Lipinski definition) is 2. The van der Waals surface area contributed by atoms with Crippen molar-refractivity contribution in [2.75, 3.05) is 6.54 Å². The van der Waals surface area contributed by atoms with Gasteiger partial charge < -0.3 is 10.3 Å². The van der Waals surface area contributed by atoms with Crippen molar-refractivity contribution in [1.29, 1.82) is 0 Å². The largest absolute Gasteiger partial charge is 0.349 e. The third kappa shape index (κ3) is 2.51. The van der Waals surface area contributed by atoms with Gasteiger partial charge in [0, 0.05) is 24.9 Å². The Kier molecular flexibility index (Phi) is 3.50. The van der Waals surface area contributed by atoms with Gasteiger partial charge in [0.2, 0.25) is 0 Å². The van der Waals surface area contributed by atoms with E-state index in [1.165, 1.54) is 12.8 Å². The zero-order chi connectivity index (χ0) is 12.4. The zero-order valence-corrected chi connectivity index (χ0v) is 11.1. The van der Waals surface area contributed by atoms with Crippen molar-refractivity contribution in [3.63, 3.8) is 0 Å². The van der Waals surface area contributed by atoms with Gasteiger partial charge in [0.15, 0.2) is 0 Å². The summed E-state index contributed by atoms with van der Waals surface area (Å²) < 4.78 is 0. The van der Waals surface area contributed by atoms with Gasteiger partial charge >= 0.3 is 0 Å². The average Bonchev–Trinajstić information content (AvgIpc) is 3.10. The second-order valence-electron chi connectivity index (χ2n) is 5.83. The van der Waals surface area contributed by atoms with Gasteiger partial charge in [-0.1, -0.05) is 12.2 Å². The Hall–Kier alpha value is -1.09. The molecule has 1 heterocycles. The molecule has 0 amide bonds. The summed E-state index contributed by atoms with van der Waals surface area (Å²) >= 11 is 0. The molecule has 98 valence electrons. The molecule has 2 aliphatic rings. The van der Waals surface area contributed by atoms with E-state index in [1.807, 2.05) is 12.4 Å². The monoisotopic (exact) mass is 245 g/mol. The fourth-order valence-corrected chi connectivity index (χ4v) is 3.57. The van der Waals surface area contributed by atoms with Crippen LogP contribution in [-0.2, 0) is 6.42 Å². The Morgan fingerprint density at radius 1 is 1.44 bits per heavy atom. The second kappa shape index (κ2) is 5.27. The highest BCUT2D eigenvalue weighted by molar-refractivity contribution is 5.11. The maximum absolute atomic E-state index is 4.25. The lowest BCUT2D eigenvalue weighted by Gasteiger charge is -2.26. The van der Waals surface area contributed by atoms with E-state index in [-0.39, 0.29) is 0 Å². The third-order valence-corrected chi connectivity index (χ3v) is 4.58. The molecule has 2 bridgehead atoms. The summed E-state index contributed by atoms with van der Waals surface area (Å²) in [6.45, 7) is 3.45. The minimum atomic E-state index is 0.654. The summed E-state index contributed by atoms with van der Waals surface area (Å²) in [5.74, 6) is 3.70. The van der Waals surface area contributed by atoms with Crippen LogP contribution in [0.1, 0.15) is 32.0 Å². The van der Waals surface area contributed by atoms with Crippen LogP contribution < -0.4 is 5.32 Å². The van der Waals surface area contributed by atoms with Crippen LogP contribution >= 0.6 is 0 Å². The molecule has 2 aliphatic carbocycles. The number of nitrogens with zero attached hydrogens (tertiary/aromatic N) is 1. The van der Waals surface area contributed by atoms with Crippen LogP contribution in [0.5, 0.6) is 0 Å². The molecule has 1 saturated carbocycles. The van der Waals surface area contributed by atoms with E-state index >= 15 is 0 Å². The smallest absolute Gasteiger partial charge is 0.106 e. The summed E-state index contributed by atoms with van der Waals surface area (Å²) in [7, 11) is 0. The molecular weight excluding hydrogens is 222 g/mol. The van der Waals surface area contributed by atoms with Crippen LogP contribution in [0, 0.1) is 17.8 Å².